The molecule has 0 radical (unpaired) electrons. The van der Waals surface area contributed by atoms with Crippen molar-refractivity contribution in [1.29, 1.82) is 0 Å². The van der Waals surface area contributed by atoms with Crippen LogP contribution in [0.5, 0.6) is 0 Å². The number of benzene rings is 2. The van der Waals surface area contributed by atoms with Gasteiger partial charge < -0.3 is 36.0 Å². The molecule has 1 aliphatic carbocycles. The molecule has 17 nitrogen and oxygen atoms in total. The average Bonchev–Trinajstić information content (AvgIpc) is 3.54. The van der Waals surface area contributed by atoms with Gasteiger partial charge in [0, 0.05) is 19.0 Å². The van der Waals surface area contributed by atoms with Crippen molar-refractivity contribution in [3.63, 3.8) is 0 Å². The predicted molar refractivity (Wildman–Crippen MR) is 217 cm³/mol. The molecule has 1 aliphatic heterocycles. The summed E-state index contributed by atoms with van der Waals surface area (Å²) in [6.45, 7) is 7.64. The van der Waals surface area contributed by atoms with Gasteiger partial charge in [0.25, 0.3) is 11.8 Å². The standard InChI is InChI=1S/C43H56N6O11/c1-6-13-31(36(53)39(55)45-23-34(52)60-37(41(57)58)29-16-11-8-12-17-29)46-38(54)32-25-48(24-27-18-20-30(21-19-27)43(3,4)5)42(59)49(32)40(56)35(28-14-9-7-10-15-28)47-33(51)22-44-26(2)50/h8,11-12,16-21,28,31-32,35,37H,6-7,9-10,13-15,22-25H2,1-5H3,(H,44,50)(H,45,55)(H,46,54)(H,47,51)(H,57,58)/t31?,32?,35?,37-/m0/s1. The lowest BCUT2D eigenvalue weighted by Crippen LogP contribution is -2.59. The lowest BCUT2D eigenvalue weighted by molar-refractivity contribution is -0.164. The first-order valence-electron chi connectivity index (χ1n) is 20.3. The summed E-state index contributed by atoms with van der Waals surface area (Å²) in [5.41, 5.74) is 1.83. The van der Waals surface area contributed by atoms with Crippen LogP contribution in [0.2, 0.25) is 0 Å². The summed E-state index contributed by atoms with van der Waals surface area (Å²) in [6, 6.07) is 10.3. The van der Waals surface area contributed by atoms with Gasteiger partial charge in [-0.1, -0.05) is 108 Å². The molecule has 7 amide bonds. The number of carbonyl (C=O) groups excluding carboxylic acids is 8. The van der Waals surface area contributed by atoms with E-state index in [0.717, 1.165) is 35.3 Å². The normalized spacial score (nSPS) is 17.1. The number of imide groups is 1. The van der Waals surface area contributed by atoms with E-state index in [4.69, 9.17) is 4.74 Å². The molecule has 2 fully saturated rings. The molecule has 2 aromatic carbocycles. The molecule has 4 atom stereocenters. The minimum atomic E-state index is -1.66. The van der Waals surface area contributed by atoms with Crippen LogP contribution in [-0.2, 0) is 55.1 Å². The predicted octanol–water partition coefficient (Wildman–Crippen LogP) is 2.66. The van der Waals surface area contributed by atoms with Crippen molar-refractivity contribution >= 4 is 53.3 Å². The highest BCUT2D eigenvalue weighted by molar-refractivity contribution is 6.38. The third-order valence-corrected chi connectivity index (χ3v) is 10.5. The van der Waals surface area contributed by atoms with E-state index < -0.39 is 90.6 Å². The van der Waals surface area contributed by atoms with Crippen molar-refractivity contribution in [2.75, 3.05) is 19.6 Å². The topological polar surface area (TPSA) is 238 Å². The van der Waals surface area contributed by atoms with Crippen molar-refractivity contribution in [1.82, 2.24) is 31.1 Å². The summed E-state index contributed by atoms with van der Waals surface area (Å²) in [5, 5.41) is 19.4. The van der Waals surface area contributed by atoms with E-state index in [2.05, 4.69) is 42.0 Å². The highest BCUT2D eigenvalue weighted by atomic mass is 16.6. The molecule has 3 unspecified atom stereocenters. The molecular formula is C43H56N6O11. The first-order valence-corrected chi connectivity index (χ1v) is 20.3. The van der Waals surface area contributed by atoms with E-state index in [-0.39, 0.29) is 36.4 Å². The summed E-state index contributed by atoms with van der Waals surface area (Å²) in [4.78, 5) is 121. The Bertz CT molecular complexity index is 1910. The molecule has 2 aliphatic rings. The number of hydrogen-bond acceptors (Lipinski definition) is 10. The van der Waals surface area contributed by atoms with Gasteiger partial charge in [-0.15, -0.1) is 0 Å². The van der Waals surface area contributed by atoms with Crippen molar-refractivity contribution < 1.29 is 53.0 Å². The Balaban J connectivity index is 1.56. The zero-order valence-corrected chi connectivity index (χ0v) is 34.8. The molecule has 0 spiro atoms. The minimum Gasteiger partial charge on any atom is -0.478 e. The average molecular weight is 833 g/mol. The van der Waals surface area contributed by atoms with E-state index in [1.54, 1.807) is 25.1 Å². The van der Waals surface area contributed by atoms with Gasteiger partial charge in [-0.05, 0) is 41.7 Å². The highest BCUT2D eigenvalue weighted by Gasteiger charge is 2.49. The quantitative estimate of drug-likeness (QED) is 0.108. The van der Waals surface area contributed by atoms with Crippen LogP contribution >= 0.6 is 0 Å². The largest absolute Gasteiger partial charge is 0.478 e. The highest BCUT2D eigenvalue weighted by Crippen LogP contribution is 2.30. The maximum Gasteiger partial charge on any atom is 0.349 e. The summed E-state index contributed by atoms with van der Waals surface area (Å²) >= 11 is 0. The molecule has 1 saturated carbocycles. The molecule has 1 heterocycles. The Labute approximate surface area is 349 Å². The van der Waals surface area contributed by atoms with E-state index in [1.165, 1.54) is 24.0 Å². The van der Waals surface area contributed by atoms with Gasteiger partial charge in [0.05, 0.1) is 19.1 Å². The number of esters is 1. The molecule has 1 saturated heterocycles. The van der Waals surface area contributed by atoms with E-state index in [1.807, 2.05) is 24.3 Å². The molecule has 324 valence electrons. The van der Waals surface area contributed by atoms with E-state index in [9.17, 15) is 48.3 Å². The number of carboxylic acid groups (broad SMARTS) is 1. The van der Waals surface area contributed by atoms with Crippen LogP contribution in [0.3, 0.4) is 0 Å². The van der Waals surface area contributed by atoms with E-state index in [0.29, 0.717) is 19.3 Å². The number of hydrogen-bond donors (Lipinski definition) is 5. The van der Waals surface area contributed by atoms with Crippen LogP contribution in [0.4, 0.5) is 4.79 Å². The van der Waals surface area contributed by atoms with Crippen LogP contribution < -0.4 is 21.3 Å². The molecule has 2 aromatic rings. The number of carbonyl (C=O) groups is 9. The summed E-state index contributed by atoms with van der Waals surface area (Å²) in [5.74, 6) is -8.17. The summed E-state index contributed by atoms with van der Waals surface area (Å²) < 4.78 is 5.04. The number of nitrogens with one attached hydrogen (secondary N) is 4. The number of rotatable bonds is 18. The van der Waals surface area contributed by atoms with Crippen LogP contribution in [0.1, 0.15) is 102 Å². The van der Waals surface area contributed by atoms with Crippen molar-refractivity contribution in [3.8, 4) is 0 Å². The smallest absolute Gasteiger partial charge is 0.349 e. The molecule has 4 rings (SSSR count). The van der Waals surface area contributed by atoms with E-state index >= 15 is 0 Å². The monoisotopic (exact) mass is 832 g/mol. The maximum atomic E-state index is 14.6. The fourth-order valence-corrected chi connectivity index (χ4v) is 7.28. The number of Topliss-reactive ketones (excluding diaryl/α,β-unsaturated/α-hetero) is 1. The Morgan fingerprint density at radius 1 is 0.867 bits per heavy atom. The van der Waals surface area contributed by atoms with Crippen molar-refractivity contribution in [3.05, 3.63) is 71.3 Å². The number of urea groups is 1. The fraction of sp³-hybridized carbons (Fsp3) is 0.512. The van der Waals surface area contributed by atoms with Crippen LogP contribution in [-0.4, -0.2) is 106 Å². The Hall–Kier alpha value is -6.13. The second-order valence-corrected chi connectivity index (χ2v) is 16.2. The second-order valence-electron chi connectivity index (χ2n) is 16.2. The molecule has 17 heteroatoms. The number of carboxylic acids is 1. The minimum absolute atomic E-state index is 0.0279. The number of ketones is 1. The summed E-state index contributed by atoms with van der Waals surface area (Å²) in [6.07, 6.45) is 2.23. The SMILES string of the molecule is CCCC(NC(=O)C1CN(Cc2ccc(C(C)(C)C)cc2)C(=O)N1C(=O)C(NC(=O)CNC(C)=O)C1CCCCC1)C(=O)C(=O)NCC(=O)O[C@H](C(=O)O)c1ccccc1. The Morgan fingerprint density at radius 3 is 2.10 bits per heavy atom. The second kappa shape index (κ2) is 21.2. The lowest BCUT2D eigenvalue weighted by Gasteiger charge is -2.33. The van der Waals surface area contributed by atoms with Crippen LogP contribution in [0.15, 0.2) is 54.6 Å². The summed E-state index contributed by atoms with van der Waals surface area (Å²) in [7, 11) is 0. The first-order chi connectivity index (χ1) is 28.4. The molecular weight excluding hydrogens is 777 g/mol. The number of ether oxygens (including phenoxy) is 1. The third kappa shape index (κ3) is 12.7. The number of nitrogens with zero attached hydrogens (tertiary/aromatic N) is 2. The number of aliphatic carboxylic acids is 1. The fourth-order valence-electron chi connectivity index (χ4n) is 7.28. The zero-order chi connectivity index (χ0) is 44.1. The van der Waals surface area contributed by atoms with Crippen LogP contribution in [0, 0.1) is 5.92 Å². The maximum absolute atomic E-state index is 14.6. The van der Waals surface area contributed by atoms with Gasteiger partial charge in [0.1, 0.15) is 18.6 Å². The van der Waals surface area contributed by atoms with Gasteiger partial charge in [-0.3, -0.25) is 33.6 Å². The van der Waals surface area contributed by atoms with Gasteiger partial charge in [-0.2, -0.15) is 0 Å². The van der Waals surface area contributed by atoms with Crippen molar-refractivity contribution in [2.45, 2.75) is 116 Å². The first kappa shape index (κ1) is 46.6. The van der Waals surface area contributed by atoms with Crippen LogP contribution in [0.25, 0.3) is 0 Å². The molecule has 0 bridgehead atoms. The molecule has 60 heavy (non-hydrogen) atoms. The molecule has 5 N–H and O–H groups in total. The third-order valence-electron chi connectivity index (χ3n) is 10.5. The zero-order valence-electron chi connectivity index (χ0n) is 34.8. The Kier molecular flexibility index (Phi) is 16.5. The molecule has 0 aromatic heterocycles. The van der Waals surface area contributed by atoms with Crippen molar-refractivity contribution in [2.24, 2.45) is 5.92 Å². The Morgan fingerprint density at radius 2 is 1.52 bits per heavy atom. The van der Waals surface area contributed by atoms with Gasteiger partial charge in [-0.25, -0.2) is 14.5 Å². The number of amides is 7. The van der Waals surface area contributed by atoms with Gasteiger partial charge in [0.15, 0.2) is 0 Å². The van der Waals surface area contributed by atoms with Gasteiger partial charge in [0.2, 0.25) is 29.6 Å². The lowest BCUT2D eigenvalue weighted by atomic mass is 9.83. The van der Waals surface area contributed by atoms with Gasteiger partial charge >= 0.3 is 18.0 Å².